The van der Waals surface area contributed by atoms with E-state index < -0.39 is 0 Å². The summed E-state index contributed by atoms with van der Waals surface area (Å²) in [5, 5.41) is 1.79. The second kappa shape index (κ2) is 6.87. The minimum absolute atomic E-state index is 0.0738. The predicted octanol–water partition coefficient (Wildman–Crippen LogP) is 5.02. The number of benzene rings is 2. The summed E-state index contributed by atoms with van der Waals surface area (Å²) in [5.41, 5.74) is 1.10. The number of nitrogens with zero attached hydrogens (tertiary/aromatic N) is 1. The largest absolute Gasteiger partial charge is 0.484 e. The van der Waals surface area contributed by atoms with Crippen molar-refractivity contribution >= 4 is 46.4 Å². The molecular weight excluding hydrogens is 353 g/mol. The maximum atomic E-state index is 12.1. The average molecular weight is 366 g/mol. The van der Waals surface area contributed by atoms with Crippen LogP contribution in [0.15, 0.2) is 58.5 Å². The summed E-state index contributed by atoms with van der Waals surface area (Å²) < 4.78 is 5.46. The summed E-state index contributed by atoms with van der Waals surface area (Å²) in [6, 6.07) is 12.9. The molecule has 0 atom stereocenters. The average Bonchev–Trinajstić information content (AvgIpc) is 2.83. The molecule has 1 heterocycles. The molecule has 0 aromatic heterocycles. The van der Waals surface area contributed by atoms with E-state index in [0.717, 1.165) is 15.6 Å². The van der Waals surface area contributed by atoms with E-state index in [1.54, 1.807) is 36.0 Å². The Bertz CT molecular complexity index is 792. The van der Waals surface area contributed by atoms with Crippen molar-refractivity contribution in [3.8, 4) is 5.75 Å². The lowest BCUT2D eigenvalue weighted by molar-refractivity contribution is -0.116. The van der Waals surface area contributed by atoms with E-state index in [1.165, 1.54) is 0 Å². The van der Waals surface area contributed by atoms with Gasteiger partial charge in [0.2, 0.25) is 0 Å². The lowest BCUT2D eigenvalue weighted by Crippen LogP contribution is -2.14. The van der Waals surface area contributed by atoms with Crippen molar-refractivity contribution in [2.45, 2.75) is 4.90 Å². The maximum Gasteiger partial charge on any atom is 0.195 e. The highest BCUT2D eigenvalue weighted by atomic mass is 35.5. The van der Waals surface area contributed by atoms with Crippen LogP contribution in [0.1, 0.15) is 0 Å². The van der Waals surface area contributed by atoms with Crippen LogP contribution in [0.25, 0.3) is 0 Å². The smallest absolute Gasteiger partial charge is 0.195 e. The fraction of sp³-hybridized carbons (Fsp3) is 0.118. The minimum Gasteiger partial charge on any atom is -0.484 e. The van der Waals surface area contributed by atoms with E-state index in [9.17, 15) is 4.79 Å². The van der Waals surface area contributed by atoms with Crippen LogP contribution in [0.5, 0.6) is 5.75 Å². The van der Waals surface area contributed by atoms with Crippen LogP contribution in [0, 0.1) is 0 Å². The van der Waals surface area contributed by atoms with Crippen molar-refractivity contribution in [2.24, 2.45) is 0 Å². The number of halogens is 2. The van der Waals surface area contributed by atoms with Gasteiger partial charge in [-0.15, -0.1) is 0 Å². The molecule has 2 aromatic rings. The molecule has 0 N–H and O–H groups in total. The van der Waals surface area contributed by atoms with E-state index in [2.05, 4.69) is 0 Å². The van der Waals surface area contributed by atoms with Gasteiger partial charge in [0.25, 0.3) is 0 Å². The molecule has 0 bridgehead atoms. The first-order valence-electron chi connectivity index (χ1n) is 6.87. The van der Waals surface area contributed by atoms with Gasteiger partial charge in [0.05, 0.1) is 15.7 Å². The summed E-state index contributed by atoms with van der Waals surface area (Å²) in [5.74, 6) is 0.316. The van der Waals surface area contributed by atoms with Crippen molar-refractivity contribution in [1.29, 1.82) is 0 Å². The minimum atomic E-state index is -0.127. The molecule has 0 radical (unpaired) electrons. The van der Waals surface area contributed by atoms with Crippen LogP contribution < -0.4 is 9.64 Å². The van der Waals surface area contributed by atoms with E-state index in [-0.39, 0.29) is 12.4 Å². The number of hydrogen-bond donors (Lipinski definition) is 0. The van der Waals surface area contributed by atoms with Crippen LogP contribution in [0.4, 0.5) is 5.69 Å². The van der Waals surface area contributed by atoms with Gasteiger partial charge in [0, 0.05) is 23.0 Å². The van der Waals surface area contributed by atoms with Crippen LogP contribution >= 0.6 is 35.0 Å². The van der Waals surface area contributed by atoms with Crippen molar-refractivity contribution in [3.63, 3.8) is 0 Å². The van der Waals surface area contributed by atoms with Gasteiger partial charge in [-0.25, -0.2) is 0 Å². The molecule has 2 aromatic carbocycles. The number of para-hydroxylation sites is 1. The van der Waals surface area contributed by atoms with Crippen LogP contribution in [-0.4, -0.2) is 19.4 Å². The van der Waals surface area contributed by atoms with Crippen molar-refractivity contribution < 1.29 is 9.53 Å². The number of carbonyl (C=O) groups is 1. The molecule has 6 heteroatoms. The molecule has 0 fully saturated rings. The standard InChI is InChI=1S/C17H13Cl2NO2S/c1-20-14-4-2-3-5-16(14)23-17(20)9-12(21)10-22-15-7-6-11(18)8-13(15)19/h2-9H,10H2,1H3. The number of thioether (sulfide) groups is 1. The van der Waals surface area contributed by atoms with Gasteiger partial charge >= 0.3 is 0 Å². The Morgan fingerprint density at radius 2 is 2.04 bits per heavy atom. The highest BCUT2D eigenvalue weighted by molar-refractivity contribution is 8.03. The lowest BCUT2D eigenvalue weighted by atomic mass is 10.3. The Hall–Kier alpha value is -1.62. The zero-order valence-electron chi connectivity index (χ0n) is 12.3. The zero-order chi connectivity index (χ0) is 16.4. The van der Waals surface area contributed by atoms with Gasteiger partial charge in [-0.3, -0.25) is 4.79 Å². The Balaban J connectivity index is 1.66. The summed E-state index contributed by atoms with van der Waals surface area (Å²) >= 11 is 13.4. The molecule has 0 saturated carbocycles. The quantitative estimate of drug-likeness (QED) is 0.711. The first kappa shape index (κ1) is 16.2. The number of ketones is 1. The molecule has 23 heavy (non-hydrogen) atoms. The van der Waals surface area contributed by atoms with Crippen molar-refractivity contribution in [3.05, 3.63) is 63.6 Å². The molecule has 0 spiro atoms. The highest BCUT2D eigenvalue weighted by Crippen LogP contribution is 2.44. The van der Waals surface area contributed by atoms with E-state index in [0.29, 0.717) is 15.8 Å². The monoisotopic (exact) mass is 365 g/mol. The van der Waals surface area contributed by atoms with E-state index in [1.807, 2.05) is 36.2 Å². The fourth-order valence-corrected chi connectivity index (χ4v) is 3.74. The fourth-order valence-electron chi connectivity index (χ4n) is 2.17. The molecule has 0 amide bonds. The first-order chi connectivity index (χ1) is 11.0. The second-order valence-electron chi connectivity index (χ2n) is 4.94. The molecule has 3 nitrogen and oxygen atoms in total. The van der Waals surface area contributed by atoms with Gasteiger partial charge in [-0.1, -0.05) is 47.1 Å². The zero-order valence-corrected chi connectivity index (χ0v) is 14.6. The van der Waals surface area contributed by atoms with Gasteiger partial charge in [0.1, 0.15) is 5.75 Å². The Morgan fingerprint density at radius 1 is 1.26 bits per heavy atom. The third-order valence-corrected chi connectivity index (χ3v) is 5.02. The predicted molar refractivity (Wildman–Crippen MR) is 95.7 cm³/mol. The van der Waals surface area contributed by atoms with Crippen molar-refractivity contribution in [2.75, 3.05) is 18.6 Å². The third-order valence-electron chi connectivity index (χ3n) is 3.32. The van der Waals surface area contributed by atoms with Crippen LogP contribution in [-0.2, 0) is 4.79 Å². The highest BCUT2D eigenvalue weighted by Gasteiger charge is 2.22. The van der Waals surface area contributed by atoms with Crippen molar-refractivity contribution in [1.82, 2.24) is 0 Å². The SMILES string of the molecule is CN1C(=CC(=O)COc2ccc(Cl)cc2Cl)Sc2ccccc21. The molecule has 0 saturated heterocycles. The number of fused-ring (bicyclic) bond motifs is 1. The molecular formula is C17H13Cl2NO2S. The Kier molecular flexibility index (Phi) is 4.85. The van der Waals surface area contributed by atoms with Crippen LogP contribution in [0.2, 0.25) is 10.0 Å². The number of ether oxygens (including phenoxy) is 1. The second-order valence-corrected chi connectivity index (χ2v) is 6.85. The maximum absolute atomic E-state index is 12.1. The Labute approximate surface area is 148 Å². The van der Waals surface area contributed by atoms with Gasteiger partial charge in [-0.05, 0) is 30.3 Å². The number of rotatable bonds is 4. The first-order valence-corrected chi connectivity index (χ1v) is 8.45. The molecule has 0 unspecified atom stereocenters. The number of hydrogen-bond acceptors (Lipinski definition) is 4. The summed E-state index contributed by atoms with van der Waals surface area (Å²) in [6.07, 6.45) is 1.59. The van der Waals surface area contributed by atoms with E-state index >= 15 is 0 Å². The van der Waals surface area contributed by atoms with Gasteiger partial charge in [-0.2, -0.15) is 0 Å². The molecule has 3 rings (SSSR count). The molecule has 118 valence electrons. The molecule has 0 aliphatic carbocycles. The van der Waals surface area contributed by atoms with Crippen LogP contribution in [0.3, 0.4) is 0 Å². The molecule has 1 aliphatic rings. The molecule has 1 aliphatic heterocycles. The number of anilines is 1. The van der Waals surface area contributed by atoms with Gasteiger partial charge in [0.15, 0.2) is 12.4 Å². The third kappa shape index (κ3) is 3.66. The lowest BCUT2D eigenvalue weighted by Gasteiger charge is -2.13. The van der Waals surface area contributed by atoms with Gasteiger partial charge < -0.3 is 9.64 Å². The van der Waals surface area contributed by atoms with E-state index in [4.69, 9.17) is 27.9 Å². The summed E-state index contributed by atoms with van der Waals surface area (Å²) in [6.45, 7) is -0.0738. The topological polar surface area (TPSA) is 29.5 Å². The summed E-state index contributed by atoms with van der Waals surface area (Å²) in [4.78, 5) is 15.3. The normalized spacial score (nSPS) is 14.9. The Morgan fingerprint density at radius 3 is 2.78 bits per heavy atom. The summed E-state index contributed by atoms with van der Waals surface area (Å²) in [7, 11) is 1.94. The number of carbonyl (C=O) groups excluding carboxylic acids is 1.